The Morgan fingerprint density at radius 2 is 2.04 bits per heavy atom. The van der Waals surface area contributed by atoms with E-state index in [4.69, 9.17) is 4.74 Å². The Morgan fingerprint density at radius 3 is 2.74 bits per heavy atom. The van der Waals surface area contributed by atoms with Crippen LogP contribution in [0.2, 0.25) is 0 Å². The Bertz CT molecular complexity index is 573. The summed E-state index contributed by atoms with van der Waals surface area (Å²) in [4.78, 5) is 13.7. The maximum absolute atomic E-state index is 13.1. The average molecular weight is 328 g/mol. The largest absolute Gasteiger partial charge is 0.416 e. The van der Waals surface area contributed by atoms with Crippen LogP contribution in [0.15, 0.2) is 24.3 Å². The number of benzene rings is 1. The number of carbonyl (C=O) groups is 1. The molecule has 1 saturated carbocycles. The van der Waals surface area contributed by atoms with Crippen LogP contribution in [-0.2, 0) is 15.7 Å². The van der Waals surface area contributed by atoms with E-state index in [1.165, 1.54) is 12.1 Å². The second kappa shape index (κ2) is 6.49. The Balaban J connectivity index is 1.67. The Labute approximate surface area is 132 Å². The molecule has 1 saturated heterocycles. The molecule has 1 heterocycles. The van der Waals surface area contributed by atoms with Crippen LogP contribution >= 0.6 is 0 Å². The lowest BCUT2D eigenvalue weighted by Crippen LogP contribution is -2.44. The lowest BCUT2D eigenvalue weighted by Gasteiger charge is -2.33. The number of alkyl halides is 3. The van der Waals surface area contributed by atoms with Crippen molar-refractivity contribution in [1.29, 1.82) is 0 Å². The van der Waals surface area contributed by atoms with Crippen molar-refractivity contribution in [2.45, 2.75) is 31.2 Å². The number of amides is 1. The fourth-order valence-electron chi connectivity index (χ4n) is 2.77. The minimum atomic E-state index is -4.41. The molecule has 1 N–H and O–H groups in total. The fourth-order valence-corrected chi connectivity index (χ4v) is 2.77. The normalized spacial score (nSPS) is 22.8. The topological polar surface area (TPSA) is 41.6 Å². The van der Waals surface area contributed by atoms with Gasteiger partial charge >= 0.3 is 6.18 Å². The van der Waals surface area contributed by atoms with Crippen molar-refractivity contribution >= 4 is 5.91 Å². The molecule has 126 valence electrons. The summed E-state index contributed by atoms with van der Waals surface area (Å²) in [5.74, 6) is -0.0720. The van der Waals surface area contributed by atoms with Gasteiger partial charge < -0.3 is 10.1 Å². The van der Waals surface area contributed by atoms with Gasteiger partial charge in [0, 0.05) is 19.1 Å². The summed E-state index contributed by atoms with van der Waals surface area (Å²) in [6.07, 6.45) is -3.06. The molecule has 23 heavy (non-hydrogen) atoms. The Hall–Kier alpha value is -1.60. The van der Waals surface area contributed by atoms with Gasteiger partial charge in [-0.05, 0) is 24.5 Å². The highest BCUT2D eigenvalue weighted by Gasteiger charge is 2.36. The molecular formula is C16H19F3N2O2. The SMILES string of the molecule is O=C(CN1CCO[C@H](c2ccccc2C(F)(F)F)C1)NC1CC1. The van der Waals surface area contributed by atoms with E-state index in [2.05, 4.69) is 5.32 Å². The van der Waals surface area contributed by atoms with Gasteiger partial charge in [0.15, 0.2) is 0 Å². The maximum atomic E-state index is 13.1. The van der Waals surface area contributed by atoms with Crippen molar-refractivity contribution in [2.75, 3.05) is 26.2 Å². The molecule has 1 aliphatic heterocycles. The first kappa shape index (κ1) is 16.3. The molecule has 1 aromatic carbocycles. The molecule has 1 amide bonds. The molecule has 0 aromatic heterocycles. The number of rotatable bonds is 4. The quantitative estimate of drug-likeness (QED) is 0.922. The number of hydrogen-bond donors (Lipinski definition) is 1. The molecular weight excluding hydrogens is 309 g/mol. The molecule has 1 aliphatic carbocycles. The van der Waals surface area contributed by atoms with Crippen molar-refractivity contribution in [3.8, 4) is 0 Å². The van der Waals surface area contributed by atoms with Crippen molar-refractivity contribution in [3.63, 3.8) is 0 Å². The van der Waals surface area contributed by atoms with Gasteiger partial charge in [-0.3, -0.25) is 9.69 Å². The number of nitrogens with one attached hydrogen (secondary N) is 1. The molecule has 3 rings (SSSR count). The van der Waals surface area contributed by atoms with Crippen molar-refractivity contribution in [1.82, 2.24) is 10.2 Å². The van der Waals surface area contributed by atoms with Gasteiger partial charge in [-0.25, -0.2) is 0 Å². The first-order valence-electron chi connectivity index (χ1n) is 7.73. The van der Waals surface area contributed by atoms with Gasteiger partial charge in [0.05, 0.1) is 24.8 Å². The summed E-state index contributed by atoms with van der Waals surface area (Å²) >= 11 is 0. The molecule has 7 heteroatoms. The highest BCUT2D eigenvalue weighted by Crippen LogP contribution is 2.36. The monoisotopic (exact) mass is 328 g/mol. The van der Waals surface area contributed by atoms with E-state index < -0.39 is 17.8 Å². The highest BCUT2D eigenvalue weighted by atomic mass is 19.4. The zero-order chi connectivity index (χ0) is 16.4. The first-order valence-corrected chi connectivity index (χ1v) is 7.73. The second-order valence-corrected chi connectivity index (χ2v) is 6.02. The van der Waals surface area contributed by atoms with Gasteiger partial charge in [-0.15, -0.1) is 0 Å². The summed E-state index contributed by atoms with van der Waals surface area (Å²) in [6, 6.07) is 5.74. The standard InChI is InChI=1S/C16H19F3N2O2/c17-16(18,19)13-4-2-1-3-12(13)14-9-21(7-8-23-14)10-15(22)20-11-5-6-11/h1-4,11,14H,5-10H2,(H,20,22)/t14-/m0/s1. The lowest BCUT2D eigenvalue weighted by atomic mass is 10.0. The van der Waals surface area contributed by atoms with E-state index in [1.54, 1.807) is 6.07 Å². The van der Waals surface area contributed by atoms with Crippen LogP contribution in [0.5, 0.6) is 0 Å². The van der Waals surface area contributed by atoms with E-state index in [9.17, 15) is 18.0 Å². The van der Waals surface area contributed by atoms with Gasteiger partial charge in [-0.1, -0.05) is 18.2 Å². The smallest absolute Gasteiger partial charge is 0.371 e. The number of ether oxygens (including phenoxy) is 1. The number of nitrogens with zero attached hydrogens (tertiary/aromatic N) is 1. The molecule has 0 radical (unpaired) electrons. The fraction of sp³-hybridized carbons (Fsp3) is 0.562. The third-order valence-electron chi connectivity index (χ3n) is 4.07. The Morgan fingerprint density at radius 1 is 1.30 bits per heavy atom. The second-order valence-electron chi connectivity index (χ2n) is 6.02. The van der Waals surface area contributed by atoms with E-state index in [-0.39, 0.29) is 30.6 Å². The molecule has 0 spiro atoms. The maximum Gasteiger partial charge on any atom is 0.416 e. The van der Waals surface area contributed by atoms with Gasteiger partial charge in [-0.2, -0.15) is 13.2 Å². The molecule has 1 aromatic rings. The van der Waals surface area contributed by atoms with Crippen LogP contribution in [0.4, 0.5) is 13.2 Å². The molecule has 1 atom stereocenters. The van der Waals surface area contributed by atoms with E-state index in [0.29, 0.717) is 13.2 Å². The highest BCUT2D eigenvalue weighted by molar-refractivity contribution is 5.78. The van der Waals surface area contributed by atoms with Crippen LogP contribution in [-0.4, -0.2) is 43.1 Å². The van der Waals surface area contributed by atoms with E-state index >= 15 is 0 Å². The van der Waals surface area contributed by atoms with Gasteiger partial charge in [0.2, 0.25) is 5.91 Å². The van der Waals surface area contributed by atoms with Gasteiger partial charge in [0.25, 0.3) is 0 Å². The molecule has 0 unspecified atom stereocenters. The molecule has 2 aliphatic rings. The average Bonchev–Trinajstić information content (AvgIpc) is 3.30. The zero-order valence-corrected chi connectivity index (χ0v) is 12.6. The lowest BCUT2D eigenvalue weighted by molar-refractivity contribution is -0.141. The van der Waals surface area contributed by atoms with E-state index in [0.717, 1.165) is 18.9 Å². The number of carbonyl (C=O) groups excluding carboxylic acids is 1. The predicted octanol–water partition coefficient (Wildman–Crippen LogP) is 2.36. The molecule has 4 nitrogen and oxygen atoms in total. The predicted molar refractivity (Wildman–Crippen MR) is 77.7 cm³/mol. The van der Waals surface area contributed by atoms with Crippen LogP contribution in [0.1, 0.15) is 30.1 Å². The van der Waals surface area contributed by atoms with Crippen molar-refractivity contribution in [2.24, 2.45) is 0 Å². The molecule has 2 fully saturated rings. The number of halogens is 3. The van der Waals surface area contributed by atoms with Gasteiger partial charge in [0.1, 0.15) is 0 Å². The summed E-state index contributed by atoms with van der Waals surface area (Å²) in [5.41, 5.74) is -0.540. The van der Waals surface area contributed by atoms with Crippen molar-refractivity contribution in [3.05, 3.63) is 35.4 Å². The number of morpholine rings is 1. The minimum Gasteiger partial charge on any atom is -0.371 e. The van der Waals surface area contributed by atoms with Crippen LogP contribution in [0.3, 0.4) is 0 Å². The van der Waals surface area contributed by atoms with Crippen LogP contribution < -0.4 is 5.32 Å². The first-order chi connectivity index (χ1) is 10.9. The van der Waals surface area contributed by atoms with Crippen LogP contribution in [0.25, 0.3) is 0 Å². The third kappa shape index (κ3) is 4.23. The zero-order valence-electron chi connectivity index (χ0n) is 12.6. The Kier molecular flexibility index (Phi) is 4.59. The van der Waals surface area contributed by atoms with E-state index in [1.807, 2.05) is 4.90 Å². The third-order valence-corrected chi connectivity index (χ3v) is 4.07. The minimum absolute atomic E-state index is 0.0720. The molecule has 0 bridgehead atoms. The van der Waals surface area contributed by atoms with Crippen molar-refractivity contribution < 1.29 is 22.7 Å². The summed E-state index contributed by atoms with van der Waals surface area (Å²) in [6.45, 7) is 1.34. The summed E-state index contributed by atoms with van der Waals surface area (Å²) in [5, 5.41) is 2.89. The van der Waals surface area contributed by atoms with Crippen LogP contribution in [0, 0.1) is 0 Å². The summed E-state index contributed by atoms with van der Waals surface area (Å²) in [7, 11) is 0. The summed E-state index contributed by atoms with van der Waals surface area (Å²) < 4.78 is 44.9. The number of hydrogen-bond acceptors (Lipinski definition) is 3.